The molecule has 0 fully saturated rings. The topological polar surface area (TPSA) is 90.9 Å². The highest BCUT2D eigenvalue weighted by Gasteiger charge is 2.23. The fraction of sp³-hybridized carbons (Fsp3) is 0. The molecular weight excluding hydrogens is 363 g/mol. The number of halogens is 2. The Morgan fingerprint density at radius 3 is 1.40 bits per heavy atom. The van der Waals surface area contributed by atoms with Crippen LogP contribution in [0.4, 0.5) is 11.6 Å². The molecule has 0 amide bonds. The molecule has 126 valence electrons. The first-order chi connectivity index (χ1) is 12.1. The van der Waals surface area contributed by atoms with E-state index in [1.807, 2.05) is 0 Å². The molecule has 1 aliphatic heterocycles. The van der Waals surface area contributed by atoms with Gasteiger partial charge in [-0.25, -0.2) is 11.0 Å². The van der Waals surface area contributed by atoms with E-state index in [9.17, 15) is 0 Å². The summed E-state index contributed by atoms with van der Waals surface area (Å²) in [5.41, 5.74) is 6.81. The zero-order valence-electron chi connectivity index (χ0n) is 12.7. The van der Waals surface area contributed by atoms with E-state index >= 15 is 0 Å². The molecule has 25 heavy (non-hydrogen) atoms. The quantitative estimate of drug-likeness (QED) is 0.554. The van der Waals surface area contributed by atoms with E-state index in [1.54, 1.807) is 57.7 Å². The van der Waals surface area contributed by atoms with Gasteiger partial charge in [0.1, 0.15) is 0 Å². The Morgan fingerprint density at radius 2 is 1.04 bits per heavy atom. The van der Waals surface area contributed by atoms with Crippen molar-refractivity contribution in [1.29, 1.82) is 10.8 Å². The van der Waals surface area contributed by atoms with E-state index in [1.165, 1.54) is 0 Å². The molecule has 1 aromatic heterocycles. The molecule has 0 saturated carbocycles. The van der Waals surface area contributed by atoms with Gasteiger partial charge in [-0.05, 0) is 48.5 Å². The second kappa shape index (κ2) is 5.96. The molecule has 9 heteroatoms. The van der Waals surface area contributed by atoms with Crippen LogP contribution in [0.5, 0.6) is 0 Å². The number of aromatic nitrogens is 2. The van der Waals surface area contributed by atoms with Crippen LogP contribution >= 0.6 is 23.2 Å². The first-order valence-corrected chi connectivity index (χ1v) is 8.03. The Balaban J connectivity index is 2.02. The Hall–Kier alpha value is -2.74. The van der Waals surface area contributed by atoms with Crippen molar-refractivity contribution < 1.29 is 4.94 Å². The van der Waals surface area contributed by atoms with Gasteiger partial charge in [0.05, 0.1) is 0 Å². The molecule has 0 saturated heterocycles. The smallest absolute Gasteiger partial charge is 0.182 e. The monoisotopic (exact) mass is 374 g/mol. The standard InChI is InChI=1S/C16H12Cl2N6O/c17-9-1-5-11(6-2-9)23-13(19)14(20)24(16-15(23)21-25-22-16)12-7-3-10(18)4-8-12/h1-8,19-22H. The number of hydrogen-bond acceptors (Lipinski definition) is 5. The van der Waals surface area contributed by atoms with E-state index in [0.717, 1.165) is 0 Å². The fourth-order valence-corrected chi connectivity index (χ4v) is 2.91. The summed E-state index contributed by atoms with van der Waals surface area (Å²) >= 11 is 11.9. The molecule has 2 aromatic carbocycles. The van der Waals surface area contributed by atoms with Crippen molar-refractivity contribution in [2.24, 2.45) is 0 Å². The largest absolute Gasteiger partial charge is 0.281 e. The normalized spacial score (nSPS) is 12.4. The molecule has 0 radical (unpaired) electrons. The average Bonchev–Trinajstić information content (AvgIpc) is 3.07. The maximum absolute atomic E-state index is 8.46. The molecular formula is C16H12Cl2N6O. The van der Waals surface area contributed by atoms with Crippen molar-refractivity contribution in [2.45, 2.75) is 0 Å². The van der Waals surface area contributed by atoms with Gasteiger partial charge in [-0.1, -0.05) is 23.2 Å². The maximum atomic E-state index is 8.46. The first kappa shape index (κ1) is 15.8. The third-order valence-corrected chi connectivity index (χ3v) is 4.31. The molecule has 0 spiro atoms. The fourth-order valence-electron chi connectivity index (χ4n) is 2.65. The van der Waals surface area contributed by atoms with Crippen molar-refractivity contribution in [1.82, 2.24) is 9.13 Å². The van der Waals surface area contributed by atoms with Gasteiger partial charge in [0.25, 0.3) is 0 Å². The second-order valence-electron chi connectivity index (χ2n) is 5.32. The lowest BCUT2D eigenvalue weighted by molar-refractivity contribution is 0.279. The predicted molar refractivity (Wildman–Crippen MR) is 95.2 cm³/mol. The van der Waals surface area contributed by atoms with Gasteiger partial charge in [-0.15, -0.1) is 0 Å². The van der Waals surface area contributed by atoms with Crippen LogP contribution in [0.2, 0.25) is 10.0 Å². The molecule has 2 heterocycles. The van der Waals surface area contributed by atoms with Crippen LogP contribution in [0.1, 0.15) is 0 Å². The Morgan fingerprint density at radius 1 is 0.680 bits per heavy atom. The van der Waals surface area contributed by atoms with Crippen LogP contribution < -0.4 is 21.9 Å². The van der Waals surface area contributed by atoms with Crippen molar-refractivity contribution >= 4 is 34.8 Å². The molecule has 0 aliphatic carbocycles. The maximum Gasteiger partial charge on any atom is 0.182 e. The summed E-state index contributed by atoms with van der Waals surface area (Å²) in [7, 11) is 0. The highest BCUT2D eigenvalue weighted by molar-refractivity contribution is 6.30. The van der Waals surface area contributed by atoms with Gasteiger partial charge in [0.2, 0.25) is 0 Å². The van der Waals surface area contributed by atoms with Gasteiger partial charge in [-0.2, -0.15) is 4.94 Å². The van der Waals surface area contributed by atoms with Crippen molar-refractivity contribution in [3.8, 4) is 11.4 Å². The van der Waals surface area contributed by atoms with Gasteiger partial charge < -0.3 is 0 Å². The number of nitrogens with zero attached hydrogens (tertiary/aromatic N) is 2. The molecule has 0 unspecified atom stereocenters. The SMILES string of the molecule is N=c1c(=N)n(-c2ccc(Cl)cc2)c2c(n1-c1ccc(Cl)cc1)NON2. The molecule has 4 rings (SSSR count). The summed E-state index contributed by atoms with van der Waals surface area (Å²) in [6.45, 7) is 0. The highest BCUT2D eigenvalue weighted by Crippen LogP contribution is 2.29. The zero-order valence-corrected chi connectivity index (χ0v) is 14.2. The minimum Gasteiger partial charge on any atom is -0.281 e. The number of fused-ring (bicyclic) bond motifs is 1. The van der Waals surface area contributed by atoms with E-state index in [2.05, 4.69) is 11.0 Å². The third-order valence-electron chi connectivity index (χ3n) is 3.81. The Bertz CT molecular complexity index is 984. The van der Waals surface area contributed by atoms with Crippen LogP contribution in [-0.4, -0.2) is 9.13 Å². The second-order valence-corrected chi connectivity index (χ2v) is 6.20. The lowest BCUT2D eigenvalue weighted by Gasteiger charge is -2.17. The van der Waals surface area contributed by atoms with E-state index in [-0.39, 0.29) is 11.0 Å². The predicted octanol–water partition coefficient (Wildman–Crippen LogP) is 3.22. The van der Waals surface area contributed by atoms with Crippen LogP contribution in [0.15, 0.2) is 48.5 Å². The van der Waals surface area contributed by atoms with E-state index < -0.39 is 0 Å². The minimum absolute atomic E-state index is 0.0178. The number of rotatable bonds is 2. The van der Waals surface area contributed by atoms with Crippen LogP contribution in [0, 0.1) is 10.8 Å². The van der Waals surface area contributed by atoms with Crippen molar-refractivity contribution in [3.05, 3.63) is 69.6 Å². The van der Waals surface area contributed by atoms with Gasteiger partial charge in [0.15, 0.2) is 22.6 Å². The Kier molecular flexibility index (Phi) is 3.76. The van der Waals surface area contributed by atoms with Gasteiger partial charge in [0, 0.05) is 21.4 Å². The summed E-state index contributed by atoms with van der Waals surface area (Å²) in [6.07, 6.45) is 0. The number of nitrogens with one attached hydrogen (secondary N) is 4. The van der Waals surface area contributed by atoms with E-state index in [0.29, 0.717) is 33.1 Å². The first-order valence-electron chi connectivity index (χ1n) is 7.27. The van der Waals surface area contributed by atoms with Crippen molar-refractivity contribution in [2.75, 3.05) is 11.0 Å². The number of hydrogen-bond donors (Lipinski definition) is 4. The third kappa shape index (κ3) is 2.58. The molecule has 3 aromatic rings. The van der Waals surface area contributed by atoms with E-state index in [4.69, 9.17) is 39.0 Å². The van der Waals surface area contributed by atoms with Crippen LogP contribution in [-0.2, 0) is 4.94 Å². The Labute approximate surface area is 151 Å². The minimum atomic E-state index is -0.0178. The van der Waals surface area contributed by atoms with Crippen molar-refractivity contribution in [3.63, 3.8) is 0 Å². The summed E-state index contributed by atoms with van der Waals surface area (Å²) in [5.74, 6) is 0.997. The molecule has 0 bridgehead atoms. The van der Waals surface area contributed by atoms with Gasteiger partial charge in [-0.3, -0.25) is 20.0 Å². The molecule has 7 nitrogen and oxygen atoms in total. The molecule has 4 N–H and O–H groups in total. The summed E-state index contributed by atoms with van der Waals surface area (Å²) in [4.78, 5) is 5.14. The number of anilines is 2. The zero-order chi connectivity index (χ0) is 17.6. The highest BCUT2D eigenvalue weighted by atomic mass is 35.5. The molecule has 0 atom stereocenters. The summed E-state index contributed by atoms with van der Waals surface area (Å²) in [6, 6.07) is 14.0. The van der Waals surface area contributed by atoms with Crippen LogP contribution in [0.25, 0.3) is 11.4 Å². The summed E-state index contributed by atoms with van der Waals surface area (Å²) in [5, 5.41) is 18.1. The lowest BCUT2D eigenvalue weighted by Crippen LogP contribution is -2.41. The summed E-state index contributed by atoms with van der Waals surface area (Å²) < 4.78 is 3.14. The number of benzene rings is 2. The molecule has 1 aliphatic rings. The average molecular weight is 375 g/mol. The lowest BCUT2D eigenvalue weighted by atomic mass is 10.3. The van der Waals surface area contributed by atoms with Crippen LogP contribution in [0.3, 0.4) is 0 Å². The van der Waals surface area contributed by atoms with Gasteiger partial charge >= 0.3 is 0 Å².